The molecule has 6 heteroatoms. The minimum absolute atomic E-state index is 0.146. The van der Waals surface area contributed by atoms with Crippen LogP contribution >= 0.6 is 0 Å². The molecule has 0 aliphatic carbocycles. The summed E-state index contributed by atoms with van der Waals surface area (Å²) in [5.41, 5.74) is 8.35. The second-order valence-electron chi connectivity index (χ2n) is 10.8. The van der Waals surface area contributed by atoms with E-state index in [0.29, 0.717) is 6.04 Å². The Morgan fingerprint density at radius 1 is 0.943 bits per heavy atom. The zero-order valence-electron chi connectivity index (χ0n) is 21.9. The summed E-state index contributed by atoms with van der Waals surface area (Å²) in [6.45, 7) is 17.3. The molecule has 0 radical (unpaired) electrons. The highest BCUT2D eigenvalue weighted by atomic mass is 15.3. The molecule has 6 nitrogen and oxygen atoms in total. The highest BCUT2D eigenvalue weighted by molar-refractivity contribution is 5.91. The molecule has 0 amide bonds. The molecule has 0 bridgehead atoms. The Hall–Kier alpha value is -3.12. The molecule has 1 saturated heterocycles. The van der Waals surface area contributed by atoms with Gasteiger partial charge >= 0.3 is 0 Å². The molecule has 4 aromatic rings. The number of anilines is 1. The SMILES string of the molecule is CCc1nc([C@H](C)N2CCN(c3cccc4[nH]c(-c5ccc(C(C)(C)C)cc5)nc34)CC2)c(C)[nH]1. The highest BCUT2D eigenvalue weighted by Crippen LogP contribution is 2.31. The molecular formula is C29H38N6. The van der Waals surface area contributed by atoms with Gasteiger partial charge in [-0.25, -0.2) is 9.97 Å². The second kappa shape index (κ2) is 9.15. The minimum Gasteiger partial charge on any atom is -0.367 e. The summed E-state index contributed by atoms with van der Waals surface area (Å²) in [5, 5.41) is 0. The van der Waals surface area contributed by atoms with Gasteiger partial charge in [0.15, 0.2) is 0 Å². The van der Waals surface area contributed by atoms with Crippen molar-refractivity contribution in [3.8, 4) is 11.4 Å². The Kier molecular flexibility index (Phi) is 6.18. The van der Waals surface area contributed by atoms with Crippen LogP contribution in [0.1, 0.15) is 63.4 Å². The van der Waals surface area contributed by atoms with Crippen LogP contribution in [-0.2, 0) is 11.8 Å². The Morgan fingerprint density at radius 2 is 1.66 bits per heavy atom. The van der Waals surface area contributed by atoms with Gasteiger partial charge in [0.05, 0.1) is 22.9 Å². The van der Waals surface area contributed by atoms with Gasteiger partial charge in [-0.05, 0) is 37.0 Å². The predicted molar refractivity (Wildman–Crippen MR) is 145 cm³/mol. The summed E-state index contributed by atoms with van der Waals surface area (Å²) >= 11 is 0. The Morgan fingerprint density at radius 3 is 2.29 bits per heavy atom. The second-order valence-corrected chi connectivity index (χ2v) is 10.8. The van der Waals surface area contributed by atoms with Gasteiger partial charge in [-0.1, -0.05) is 58.0 Å². The fourth-order valence-corrected chi connectivity index (χ4v) is 5.17. The summed E-state index contributed by atoms with van der Waals surface area (Å²) < 4.78 is 0. The van der Waals surface area contributed by atoms with Crippen LogP contribution in [0.3, 0.4) is 0 Å². The van der Waals surface area contributed by atoms with Crippen LogP contribution in [-0.4, -0.2) is 51.0 Å². The van der Waals surface area contributed by atoms with Crippen LogP contribution in [0.4, 0.5) is 5.69 Å². The van der Waals surface area contributed by atoms with Crippen molar-refractivity contribution in [1.29, 1.82) is 0 Å². The lowest BCUT2D eigenvalue weighted by atomic mass is 9.87. The molecule has 0 spiro atoms. The van der Waals surface area contributed by atoms with Crippen molar-refractivity contribution in [2.24, 2.45) is 0 Å². The van der Waals surface area contributed by atoms with E-state index < -0.39 is 0 Å². The van der Waals surface area contributed by atoms with E-state index in [-0.39, 0.29) is 5.41 Å². The normalized spacial score (nSPS) is 16.2. The standard InChI is InChI=1S/C29H38N6/c1-7-25-30-19(2)26(32-25)20(3)34-15-17-35(18-16-34)24-10-8-9-23-27(24)33-28(31-23)21-11-13-22(14-12-21)29(4,5)6/h8-14,20H,7,15-18H2,1-6H3,(H,30,32)(H,31,33)/t20-/m0/s1. The summed E-state index contributed by atoms with van der Waals surface area (Å²) in [6.07, 6.45) is 0.942. The van der Waals surface area contributed by atoms with E-state index in [1.807, 2.05) is 0 Å². The molecule has 1 aliphatic rings. The number of para-hydroxylation sites is 1. The first kappa shape index (κ1) is 23.6. The number of piperazine rings is 1. The summed E-state index contributed by atoms with van der Waals surface area (Å²) in [6, 6.07) is 15.6. The summed E-state index contributed by atoms with van der Waals surface area (Å²) in [7, 11) is 0. The van der Waals surface area contributed by atoms with Crippen LogP contribution < -0.4 is 4.90 Å². The minimum atomic E-state index is 0.146. The van der Waals surface area contributed by atoms with Crippen molar-refractivity contribution in [3.05, 3.63) is 65.2 Å². The number of rotatable bonds is 5. The molecule has 184 valence electrons. The van der Waals surface area contributed by atoms with Crippen molar-refractivity contribution < 1.29 is 0 Å². The number of nitrogens with one attached hydrogen (secondary N) is 2. The maximum atomic E-state index is 5.05. The average molecular weight is 471 g/mol. The number of aryl methyl sites for hydroxylation is 2. The van der Waals surface area contributed by atoms with Gasteiger partial charge in [-0.2, -0.15) is 0 Å². The van der Waals surface area contributed by atoms with Gasteiger partial charge in [0, 0.05) is 43.9 Å². The molecule has 0 saturated carbocycles. The number of aromatic amines is 2. The number of aromatic nitrogens is 4. The first-order valence-electron chi connectivity index (χ1n) is 12.9. The van der Waals surface area contributed by atoms with Gasteiger partial charge in [-0.3, -0.25) is 4.90 Å². The Bertz CT molecular complexity index is 1300. The van der Waals surface area contributed by atoms with Crippen LogP contribution in [0.5, 0.6) is 0 Å². The van der Waals surface area contributed by atoms with E-state index in [0.717, 1.165) is 60.8 Å². The zero-order valence-corrected chi connectivity index (χ0v) is 21.9. The van der Waals surface area contributed by atoms with Gasteiger partial charge in [-0.15, -0.1) is 0 Å². The number of hydrogen-bond donors (Lipinski definition) is 2. The Labute approximate surface area is 208 Å². The molecule has 3 heterocycles. The molecule has 2 N–H and O–H groups in total. The van der Waals surface area contributed by atoms with E-state index in [1.54, 1.807) is 0 Å². The lowest BCUT2D eigenvalue weighted by Gasteiger charge is -2.38. The van der Waals surface area contributed by atoms with Gasteiger partial charge in [0.2, 0.25) is 0 Å². The summed E-state index contributed by atoms with van der Waals surface area (Å²) in [5.74, 6) is 2.01. The fraction of sp³-hybridized carbons (Fsp3) is 0.448. The molecule has 5 rings (SSSR count). The number of imidazole rings is 2. The molecule has 1 fully saturated rings. The molecule has 0 unspecified atom stereocenters. The van der Waals surface area contributed by atoms with Gasteiger partial charge in [0.1, 0.15) is 17.2 Å². The van der Waals surface area contributed by atoms with E-state index >= 15 is 0 Å². The average Bonchev–Trinajstić information content (AvgIpc) is 3.46. The third-order valence-electron chi connectivity index (χ3n) is 7.42. The Balaban J connectivity index is 1.34. The molecule has 1 atom stereocenters. The van der Waals surface area contributed by atoms with Crippen LogP contribution in [0.15, 0.2) is 42.5 Å². The summed E-state index contributed by atoms with van der Waals surface area (Å²) in [4.78, 5) is 21.9. The highest BCUT2D eigenvalue weighted by Gasteiger charge is 2.26. The molecular weight excluding hydrogens is 432 g/mol. The smallest absolute Gasteiger partial charge is 0.138 e. The number of benzene rings is 2. The lowest BCUT2D eigenvalue weighted by Crippen LogP contribution is -2.47. The van der Waals surface area contributed by atoms with Crippen molar-refractivity contribution in [2.45, 2.75) is 59.4 Å². The predicted octanol–water partition coefficient (Wildman–Crippen LogP) is 6.00. The van der Waals surface area contributed by atoms with Crippen molar-refractivity contribution >= 4 is 16.7 Å². The van der Waals surface area contributed by atoms with Crippen molar-refractivity contribution in [1.82, 2.24) is 24.8 Å². The van der Waals surface area contributed by atoms with E-state index in [2.05, 4.69) is 104 Å². The molecule has 35 heavy (non-hydrogen) atoms. The zero-order chi connectivity index (χ0) is 24.7. The molecule has 2 aromatic carbocycles. The van der Waals surface area contributed by atoms with Crippen molar-refractivity contribution in [3.63, 3.8) is 0 Å². The van der Waals surface area contributed by atoms with E-state index in [9.17, 15) is 0 Å². The fourth-order valence-electron chi connectivity index (χ4n) is 5.17. The van der Waals surface area contributed by atoms with Crippen LogP contribution in [0, 0.1) is 6.92 Å². The van der Waals surface area contributed by atoms with Crippen LogP contribution in [0.2, 0.25) is 0 Å². The van der Waals surface area contributed by atoms with E-state index in [1.165, 1.54) is 22.6 Å². The lowest BCUT2D eigenvalue weighted by molar-refractivity contribution is 0.195. The van der Waals surface area contributed by atoms with Gasteiger partial charge in [0.25, 0.3) is 0 Å². The third-order valence-corrected chi connectivity index (χ3v) is 7.42. The largest absolute Gasteiger partial charge is 0.367 e. The first-order valence-corrected chi connectivity index (χ1v) is 12.9. The number of H-pyrrole nitrogens is 2. The topological polar surface area (TPSA) is 63.8 Å². The number of nitrogens with zero attached hydrogens (tertiary/aromatic N) is 4. The van der Waals surface area contributed by atoms with Gasteiger partial charge < -0.3 is 14.9 Å². The van der Waals surface area contributed by atoms with Crippen LogP contribution in [0.25, 0.3) is 22.4 Å². The maximum Gasteiger partial charge on any atom is 0.138 e. The van der Waals surface area contributed by atoms with Crippen molar-refractivity contribution in [2.75, 3.05) is 31.1 Å². The monoisotopic (exact) mass is 470 g/mol. The first-order chi connectivity index (χ1) is 16.7. The molecule has 1 aliphatic heterocycles. The number of hydrogen-bond acceptors (Lipinski definition) is 4. The van der Waals surface area contributed by atoms with E-state index in [4.69, 9.17) is 9.97 Å². The quantitative estimate of drug-likeness (QED) is 0.375. The maximum absolute atomic E-state index is 5.05. The molecule has 2 aromatic heterocycles. The third kappa shape index (κ3) is 4.59. The number of fused-ring (bicyclic) bond motifs is 1.